The number of aromatic nitrogens is 1. The van der Waals surface area contributed by atoms with Crippen LogP contribution in [-0.2, 0) is 11.2 Å². The Kier molecular flexibility index (Phi) is 6.77. The van der Waals surface area contributed by atoms with E-state index in [1.165, 1.54) is 0 Å². The summed E-state index contributed by atoms with van der Waals surface area (Å²) >= 11 is 0. The summed E-state index contributed by atoms with van der Waals surface area (Å²) in [7, 11) is 0. The number of ether oxygens (including phenoxy) is 1. The van der Waals surface area contributed by atoms with Gasteiger partial charge in [0, 0.05) is 31.0 Å². The van der Waals surface area contributed by atoms with Gasteiger partial charge in [0.2, 0.25) is 0 Å². The molecule has 1 unspecified atom stereocenters. The highest BCUT2D eigenvalue weighted by Crippen LogP contribution is 2.00. The van der Waals surface area contributed by atoms with Crippen LogP contribution >= 0.6 is 0 Å². The van der Waals surface area contributed by atoms with Gasteiger partial charge >= 0.3 is 0 Å². The summed E-state index contributed by atoms with van der Waals surface area (Å²) in [4.78, 5) is 4.34. The monoisotopic (exact) mass is 222 g/mol. The fraction of sp³-hybridized carbons (Fsp3) is 0.615. The molecule has 0 aliphatic carbocycles. The van der Waals surface area contributed by atoms with Crippen molar-refractivity contribution in [2.24, 2.45) is 0 Å². The first kappa shape index (κ1) is 13.1. The van der Waals surface area contributed by atoms with Crippen LogP contribution in [0.15, 0.2) is 24.4 Å². The number of hydrogen-bond acceptors (Lipinski definition) is 3. The van der Waals surface area contributed by atoms with Crippen LogP contribution in [0.3, 0.4) is 0 Å². The SMILES string of the molecule is CCCNC(COCC)Cc1ccccn1. The van der Waals surface area contributed by atoms with E-state index in [-0.39, 0.29) is 0 Å². The third-order valence-electron chi connectivity index (χ3n) is 2.39. The topological polar surface area (TPSA) is 34.1 Å². The molecular weight excluding hydrogens is 200 g/mol. The number of pyridine rings is 1. The highest BCUT2D eigenvalue weighted by Gasteiger charge is 2.09. The van der Waals surface area contributed by atoms with Crippen molar-refractivity contribution in [3.05, 3.63) is 30.1 Å². The van der Waals surface area contributed by atoms with Gasteiger partial charge in [0.25, 0.3) is 0 Å². The lowest BCUT2D eigenvalue weighted by Gasteiger charge is -2.17. The van der Waals surface area contributed by atoms with E-state index in [1.54, 1.807) is 0 Å². The van der Waals surface area contributed by atoms with E-state index in [0.717, 1.165) is 38.3 Å². The maximum Gasteiger partial charge on any atom is 0.0623 e. The lowest BCUT2D eigenvalue weighted by atomic mass is 10.1. The first-order chi connectivity index (χ1) is 7.86. The van der Waals surface area contributed by atoms with Crippen molar-refractivity contribution < 1.29 is 4.74 Å². The van der Waals surface area contributed by atoms with E-state index < -0.39 is 0 Å². The molecule has 1 atom stereocenters. The Morgan fingerprint density at radius 2 is 2.25 bits per heavy atom. The van der Waals surface area contributed by atoms with Crippen molar-refractivity contribution >= 4 is 0 Å². The normalized spacial score (nSPS) is 12.6. The minimum Gasteiger partial charge on any atom is -0.380 e. The Labute approximate surface area is 98.2 Å². The predicted octanol–water partition coefficient (Wildman–Crippen LogP) is 2.03. The molecule has 0 spiro atoms. The molecule has 0 fully saturated rings. The van der Waals surface area contributed by atoms with Gasteiger partial charge in [-0.25, -0.2) is 0 Å². The van der Waals surface area contributed by atoms with Gasteiger partial charge in [-0.05, 0) is 32.0 Å². The van der Waals surface area contributed by atoms with Crippen LogP contribution in [0.2, 0.25) is 0 Å². The molecule has 0 radical (unpaired) electrons. The molecule has 1 aromatic heterocycles. The van der Waals surface area contributed by atoms with Crippen LogP contribution in [0.25, 0.3) is 0 Å². The largest absolute Gasteiger partial charge is 0.380 e. The van der Waals surface area contributed by atoms with Crippen molar-refractivity contribution in [3.8, 4) is 0 Å². The molecule has 16 heavy (non-hydrogen) atoms. The van der Waals surface area contributed by atoms with Crippen LogP contribution < -0.4 is 5.32 Å². The van der Waals surface area contributed by atoms with Gasteiger partial charge in [-0.3, -0.25) is 4.98 Å². The van der Waals surface area contributed by atoms with Crippen molar-refractivity contribution in [2.45, 2.75) is 32.7 Å². The van der Waals surface area contributed by atoms with Crippen molar-refractivity contribution in [3.63, 3.8) is 0 Å². The average Bonchev–Trinajstić information content (AvgIpc) is 2.34. The second-order valence-electron chi connectivity index (χ2n) is 3.84. The molecule has 0 aliphatic rings. The zero-order valence-electron chi connectivity index (χ0n) is 10.3. The van der Waals surface area contributed by atoms with E-state index in [9.17, 15) is 0 Å². The summed E-state index contributed by atoms with van der Waals surface area (Å²) in [5.74, 6) is 0. The molecule has 0 amide bonds. The Balaban J connectivity index is 2.42. The van der Waals surface area contributed by atoms with Gasteiger partial charge in [0.1, 0.15) is 0 Å². The second kappa shape index (κ2) is 8.25. The summed E-state index contributed by atoms with van der Waals surface area (Å²) in [6.07, 6.45) is 3.92. The van der Waals surface area contributed by atoms with Crippen LogP contribution in [0.4, 0.5) is 0 Å². The molecule has 1 aromatic rings. The lowest BCUT2D eigenvalue weighted by molar-refractivity contribution is 0.122. The minimum atomic E-state index is 0.370. The van der Waals surface area contributed by atoms with E-state index in [0.29, 0.717) is 6.04 Å². The Morgan fingerprint density at radius 1 is 1.38 bits per heavy atom. The molecule has 0 aromatic carbocycles. The molecular formula is C13H22N2O. The maximum atomic E-state index is 5.47. The molecule has 0 saturated carbocycles. The summed E-state index contributed by atoms with van der Waals surface area (Å²) in [5.41, 5.74) is 1.12. The molecule has 0 bridgehead atoms. The third kappa shape index (κ3) is 5.24. The molecule has 90 valence electrons. The predicted molar refractivity (Wildman–Crippen MR) is 66.5 cm³/mol. The van der Waals surface area contributed by atoms with E-state index in [4.69, 9.17) is 4.74 Å². The molecule has 0 aliphatic heterocycles. The highest BCUT2D eigenvalue weighted by molar-refractivity contribution is 5.05. The fourth-order valence-electron chi connectivity index (χ4n) is 1.57. The van der Waals surface area contributed by atoms with Crippen LogP contribution in [0, 0.1) is 0 Å². The standard InChI is InChI=1S/C13H22N2O/c1-3-8-14-13(11-16-4-2)10-12-7-5-6-9-15-12/h5-7,9,13-14H,3-4,8,10-11H2,1-2H3. The number of nitrogens with one attached hydrogen (secondary N) is 1. The molecule has 0 saturated heterocycles. The van der Waals surface area contributed by atoms with E-state index in [1.807, 2.05) is 25.3 Å². The smallest absolute Gasteiger partial charge is 0.0623 e. The van der Waals surface area contributed by atoms with Gasteiger partial charge < -0.3 is 10.1 Å². The summed E-state index contributed by atoms with van der Waals surface area (Å²) in [6.45, 7) is 6.76. The summed E-state index contributed by atoms with van der Waals surface area (Å²) in [6, 6.07) is 6.40. The molecule has 3 nitrogen and oxygen atoms in total. The van der Waals surface area contributed by atoms with Gasteiger partial charge in [-0.2, -0.15) is 0 Å². The molecule has 1 rings (SSSR count). The minimum absolute atomic E-state index is 0.370. The van der Waals surface area contributed by atoms with Crippen molar-refractivity contribution in [2.75, 3.05) is 19.8 Å². The van der Waals surface area contributed by atoms with Crippen molar-refractivity contribution in [1.82, 2.24) is 10.3 Å². The summed E-state index contributed by atoms with van der Waals surface area (Å²) in [5, 5.41) is 3.49. The van der Waals surface area contributed by atoms with Gasteiger partial charge in [0.05, 0.1) is 6.61 Å². The second-order valence-corrected chi connectivity index (χ2v) is 3.84. The Hall–Kier alpha value is -0.930. The summed E-state index contributed by atoms with van der Waals surface area (Å²) < 4.78 is 5.47. The fourth-order valence-corrected chi connectivity index (χ4v) is 1.57. The first-order valence-corrected chi connectivity index (χ1v) is 6.07. The van der Waals surface area contributed by atoms with Crippen LogP contribution in [0.5, 0.6) is 0 Å². The van der Waals surface area contributed by atoms with E-state index >= 15 is 0 Å². The van der Waals surface area contributed by atoms with Crippen LogP contribution in [0.1, 0.15) is 26.0 Å². The maximum absolute atomic E-state index is 5.47. The Morgan fingerprint density at radius 3 is 2.88 bits per heavy atom. The number of hydrogen-bond donors (Lipinski definition) is 1. The van der Waals surface area contributed by atoms with Gasteiger partial charge in [0.15, 0.2) is 0 Å². The molecule has 1 N–H and O–H groups in total. The number of rotatable bonds is 8. The van der Waals surface area contributed by atoms with Gasteiger partial charge in [-0.1, -0.05) is 13.0 Å². The lowest BCUT2D eigenvalue weighted by Crippen LogP contribution is -2.36. The van der Waals surface area contributed by atoms with E-state index in [2.05, 4.69) is 23.3 Å². The molecule has 3 heteroatoms. The quantitative estimate of drug-likeness (QED) is 0.731. The average molecular weight is 222 g/mol. The van der Waals surface area contributed by atoms with Gasteiger partial charge in [-0.15, -0.1) is 0 Å². The Bertz CT molecular complexity index is 256. The zero-order valence-corrected chi connectivity index (χ0v) is 10.3. The zero-order chi connectivity index (χ0) is 11.6. The third-order valence-corrected chi connectivity index (χ3v) is 2.39. The first-order valence-electron chi connectivity index (χ1n) is 6.07. The highest BCUT2D eigenvalue weighted by atomic mass is 16.5. The van der Waals surface area contributed by atoms with Crippen LogP contribution in [-0.4, -0.2) is 30.8 Å². The van der Waals surface area contributed by atoms with Crippen molar-refractivity contribution in [1.29, 1.82) is 0 Å². The molecule has 1 heterocycles. The number of nitrogens with zero attached hydrogens (tertiary/aromatic N) is 1.